The van der Waals surface area contributed by atoms with E-state index in [0.717, 1.165) is 5.56 Å². The van der Waals surface area contributed by atoms with Crippen LogP contribution in [0.1, 0.15) is 12.0 Å². The Labute approximate surface area is 295 Å². The van der Waals surface area contributed by atoms with Crippen LogP contribution in [0.15, 0.2) is 35.5 Å². The van der Waals surface area contributed by atoms with E-state index in [4.69, 9.17) is 30.6 Å². The smallest absolute Gasteiger partial charge is 0.415 e. The lowest BCUT2D eigenvalue weighted by atomic mass is 10.0. The second-order valence-electron chi connectivity index (χ2n) is 16.8. The molecule has 10 nitrogen and oxygen atoms in total. The van der Waals surface area contributed by atoms with Crippen LogP contribution in [0, 0.1) is 0 Å². The second kappa shape index (κ2) is 16.9. The highest BCUT2D eigenvalue weighted by atomic mass is 32.3. The first kappa shape index (κ1) is 43.0. The molecule has 1 saturated heterocycles. The van der Waals surface area contributed by atoms with Crippen LogP contribution in [0.2, 0.25) is 98.2 Å². The van der Waals surface area contributed by atoms with Gasteiger partial charge in [0.15, 0.2) is 33.3 Å². The monoisotopic (exact) mass is 783 g/mol. The Hall–Kier alpha value is -0.166. The molecule has 0 radical (unpaired) electrons. The first-order valence-electron chi connectivity index (χ1n) is 16.4. The van der Waals surface area contributed by atoms with Crippen molar-refractivity contribution in [2.75, 3.05) is 6.61 Å². The van der Waals surface area contributed by atoms with E-state index in [-0.39, 0.29) is 0 Å². The summed E-state index contributed by atoms with van der Waals surface area (Å²) in [6, 6.07) is 9.98. The number of benzene rings is 1. The summed E-state index contributed by atoms with van der Waals surface area (Å²) in [5.74, 6) is 0. The normalized spacial score (nSPS) is 24.0. The molecule has 0 aliphatic carbocycles. The highest BCUT2D eigenvalue weighted by Crippen LogP contribution is 2.39. The van der Waals surface area contributed by atoms with Crippen molar-refractivity contribution in [3.8, 4) is 0 Å². The largest absolute Gasteiger partial charge is 0.459 e. The molecule has 1 aliphatic heterocycles. The van der Waals surface area contributed by atoms with Crippen molar-refractivity contribution in [2.45, 2.75) is 141 Å². The Morgan fingerprint density at radius 1 is 0.723 bits per heavy atom. The molecule has 0 N–H and O–H groups in total. The number of thioether (sulfide) groups is 1. The zero-order valence-electron chi connectivity index (χ0n) is 31.3. The third kappa shape index (κ3) is 18.1. The maximum Gasteiger partial charge on any atom is 0.459 e. The van der Waals surface area contributed by atoms with Crippen molar-refractivity contribution in [2.24, 2.45) is 5.16 Å². The fourth-order valence-corrected chi connectivity index (χ4v) is 12.6. The van der Waals surface area contributed by atoms with Crippen LogP contribution < -0.4 is 0 Å². The van der Waals surface area contributed by atoms with Gasteiger partial charge in [-0.1, -0.05) is 47.2 Å². The predicted molar refractivity (Wildman–Crippen MR) is 207 cm³/mol. The zero-order chi connectivity index (χ0) is 36.1. The Kier molecular flexibility index (Phi) is 15.5. The number of hydrogen-bond donors (Lipinski definition) is 0. The summed E-state index contributed by atoms with van der Waals surface area (Å²) in [6.07, 6.45) is -0.758. The van der Waals surface area contributed by atoms with Crippen molar-refractivity contribution in [1.82, 2.24) is 0 Å². The average molecular weight is 784 g/mol. The highest BCUT2D eigenvalue weighted by Gasteiger charge is 2.52. The van der Waals surface area contributed by atoms with E-state index in [0.29, 0.717) is 24.5 Å². The van der Waals surface area contributed by atoms with Gasteiger partial charge in [0.25, 0.3) is 0 Å². The van der Waals surface area contributed by atoms with E-state index in [1.54, 1.807) is 19.6 Å². The summed E-state index contributed by atoms with van der Waals surface area (Å²) in [7, 11) is -15.1. The van der Waals surface area contributed by atoms with Crippen molar-refractivity contribution in [3.05, 3.63) is 35.9 Å². The summed E-state index contributed by atoms with van der Waals surface area (Å²) in [6.45, 7) is 31.5. The summed E-state index contributed by atoms with van der Waals surface area (Å²) >= 11 is 1.32. The Bertz CT molecular complexity index is 1260. The molecule has 1 aliphatic rings. The Balaban J connectivity index is 2.64. The van der Waals surface area contributed by atoms with Crippen LogP contribution in [0.5, 0.6) is 0 Å². The van der Waals surface area contributed by atoms with Crippen LogP contribution in [0.3, 0.4) is 0 Å². The number of aryl methyl sites for hydroxylation is 1. The zero-order valence-corrected chi connectivity index (χ0v) is 38.0. The highest BCUT2D eigenvalue weighted by molar-refractivity contribution is 8.14. The van der Waals surface area contributed by atoms with E-state index >= 15 is 0 Å². The molecule has 0 spiro atoms. The van der Waals surface area contributed by atoms with E-state index < -0.39 is 81.8 Å². The molecule has 1 fully saturated rings. The molecule has 2 rings (SSSR count). The van der Waals surface area contributed by atoms with Gasteiger partial charge in [-0.15, -0.1) is 0 Å². The fraction of sp³-hybridized carbons (Fsp3) is 0.767. The Morgan fingerprint density at radius 3 is 1.72 bits per heavy atom. The molecule has 5 unspecified atom stereocenters. The minimum atomic E-state index is -4.35. The van der Waals surface area contributed by atoms with Gasteiger partial charge in [0, 0.05) is 6.42 Å². The molecule has 0 saturated carbocycles. The van der Waals surface area contributed by atoms with Gasteiger partial charge in [-0.25, -0.2) is 4.28 Å². The summed E-state index contributed by atoms with van der Waals surface area (Å²) < 4.78 is 70.1. The maximum absolute atomic E-state index is 12.8. The van der Waals surface area contributed by atoms with Crippen molar-refractivity contribution < 1.29 is 39.0 Å². The number of ether oxygens (including phenoxy) is 1. The second-order valence-corrected chi connectivity index (χ2v) is 41.7. The molecule has 0 bridgehead atoms. The molecular formula is C30H61NO9S2Si5. The van der Waals surface area contributed by atoms with Crippen LogP contribution in [0.25, 0.3) is 0 Å². The maximum atomic E-state index is 12.8. The van der Waals surface area contributed by atoms with E-state index in [2.05, 4.69) is 83.7 Å². The third-order valence-corrected chi connectivity index (χ3v) is 14.3. The topological polar surface area (TPSA) is 111 Å². The summed E-state index contributed by atoms with van der Waals surface area (Å²) in [5.41, 5.74) is 0.491. The first-order chi connectivity index (χ1) is 21.1. The van der Waals surface area contributed by atoms with Gasteiger partial charge in [-0.2, -0.15) is 8.42 Å². The van der Waals surface area contributed by atoms with E-state index in [1.165, 1.54) is 11.8 Å². The molecule has 17 heteroatoms. The minimum absolute atomic E-state index is 0.346. The van der Waals surface area contributed by atoms with Gasteiger partial charge in [-0.3, -0.25) is 3.87 Å². The molecule has 1 aromatic rings. The van der Waals surface area contributed by atoms with Crippen molar-refractivity contribution >= 4 is 68.8 Å². The Morgan fingerprint density at radius 2 is 1.23 bits per heavy atom. The first-order valence-corrected chi connectivity index (χ1v) is 35.6. The third-order valence-electron chi connectivity index (χ3n) is 6.05. The van der Waals surface area contributed by atoms with Crippen LogP contribution in [-0.4, -0.2) is 91.5 Å². The number of nitrogens with zero attached hydrogens (tertiary/aromatic N) is 1. The van der Waals surface area contributed by atoms with Gasteiger partial charge in [0.05, 0.1) is 6.61 Å². The van der Waals surface area contributed by atoms with Gasteiger partial charge >= 0.3 is 10.4 Å². The van der Waals surface area contributed by atoms with Gasteiger partial charge in [-0.05, 0) is 110 Å². The average Bonchev–Trinajstić information content (AvgIpc) is 2.84. The van der Waals surface area contributed by atoms with Crippen LogP contribution in [0.4, 0.5) is 0 Å². The van der Waals surface area contributed by atoms with Crippen LogP contribution >= 0.6 is 11.8 Å². The number of oxime groups is 1. The summed E-state index contributed by atoms with van der Waals surface area (Å²) in [5, 5.41) is 4.64. The van der Waals surface area contributed by atoms with Gasteiger partial charge in [0.2, 0.25) is 8.32 Å². The van der Waals surface area contributed by atoms with E-state index in [9.17, 15) is 8.42 Å². The predicted octanol–water partition coefficient (Wildman–Crippen LogP) is 8.02. The SMILES string of the molecule is C[Si](C)(C)OCC1OC(SC(CCc2ccccc2)=NOS(=O)(=O)O[Si](C)(C)C)C(O[Si](C)(C)C)C(O[Si](C)(C)C)C1O[Si](C)(C)C. The lowest BCUT2D eigenvalue weighted by molar-refractivity contribution is -0.188. The quantitative estimate of drug-likeness (QED) is 0.0667. The van der Waals surface area contributed by atoms with Gasteiger partial charge < -0.3 is 22.4 Å². The molecule has 1 aromatic carbocycles. The lowest BCUT2D eigenvalue weighted by Gasteiger charge is -2.51. The van der Waals surface area contributed by atoms with E-state index in [1.807, 2.05) is 30.3 Å². The lowest BCUT2D eigenvalue weighted by Crippen LogP contribution is -2.65. The molecule has 0 aromatic heterocycles. The van der Waals surface area contributed by atoms with Crippen molar-refractivity contribution in [3.63, 3.8) is 0 Å². The van der Waals surface area contributed by atoms with Crippen molar-refractivity contribution in [1.29, 1.82) is 0 Å². The number of hydrogen-bond acceptors (Lipinski definition) is 11. The molecule has 0 amide bonds. The number of rotatable bonds is 17. The van der Waals surface area contributed by atoms with Gasteiger partial charge in [0.1, 0.15) is 34.9 Å². The molecular weight excluding hydrogens is 723 g/mol. The fourth-order valence-electron chi connectivity index (χ4n) is 4.63. The molecule has 272 valence electrons. The molecule has 1 heterocycles. The molecule has 5 atom stereocenters. The standard InChI is InChI=1S/C30H61NO9S2Si5/c1-43(2,3)34-23-25-27(36-44(4,5)6)28(37-45(7,8)9)29(38-46(10,11)12)30(35-25)41-26(22-21-24-19-17-16-18-20-24)31-39-42(32,33)40-47(13,14)15/h16-20,25,27-30H,21-23H2,1-15H3. The summed E-state index contributed by atoms with van der Waals surface area (Å²) in [4.78, 5) is 0. The molecule has 47 heavy (non-hydrogen) atoms. The minimum Gasteiger partial charge on any atom is -0.415 e. The van der Waals surface area contributed by atoms with Crippen LogP contribution in [-0.2, 0) is 47.4 Å².